The maximum Gasteiger partial charge on any atom is 0.257 e. The van der Waals surface area contributed by atoms with Crippen LogP contribution in [0.4, 0.5) is 0 Å². The summed E-state index contributed by atoms with van der Waals surface area (Å²) in [5, 5.41) is 8.54. The van der Waals surface area contributed by atoms with Crippen LogP contribution >= 0.6 is 0 Å². The first-order valence-corrected chi connectivity index (χ1v) is 7.61. The van der Waals surface area contributed by atoms with Crippen LogP contribution in [0.2, 0.25) is 0 Å². The zero-order chi connectivity index (χ0) is 16.8. The van der Waals surface area contributed by atoms with E-state index in [0.29, 0.717) is 18.4 Å². The van der Waals surface area contributed by atoms with Gasteiger partial charge in [-0.25, -0.2) is 5.48 Å². The van der Waals surface area contributed by atoms with Crippen molar-refractivity contribution in [2.24, 2.45) is 0 Å². The molecular weight excluding hydrogens is 296 g/mol. The average Bonchev–Trinajstić information content (AvgIpc) is 2.83. The Labute approximate surface area is 134 Å². The number of imide groups is 1. The van der Waals surface area contributed by atoms with Crippen LogP contribution in [0.5, 0.6) is 0 Å². The SMILES string of the molecule is CCC(CCC(=O)NO)N1C(=O)C/C(=C\c2ccccc2)C1=O. The molecule has 23 heavy (non-hydrogen) atoms. The van der Waals surface area contributed by atoms with Crippen LogP contribution < -0.4 is 5.48 Å². The van der Waals surface area contributed by atoms with Gasteiger partial charge in [-0.05, 0) is 24.5 Å². The highest BCUT2D eigenvalue weighted by molar-refractivity contribution is 6.15. The topological polar surface area (TPSA) is 86.7 Å². The second-order valence-electron chi connectivity index (χ2n) is 5.46. The normalized spacial score (nSPS) is 17.7. The number of carbonyl (C=O) groups is 3. The van der Waals surface area contributed by atoms with Crippen LogP contribution in [0.3, 0.4) is 0 Å². The van der Waals surface area contributed by atoms with Crippen LogP contribution in [0, 0.1) is 0 Å². The van der Waals surface area contributed by atoms with Crippen molar-refractivity contribution in [1.82, 2.24) is 10.4 Å². The molecule has 1 fully saturated rings. The van der Waals surface area contributed by atoms with Gasteiger partial charge in [0.05, 0.1) is 6.42 Å². The molecule has 6 heteroatoms. The van der Waals surface area contributed by atoms with Gasteiger partial charge in [-0.1, -0.05) is 37.3 Å². The van der Waals surface area contributed by atoms with E-state index in [2.05, 4.69) is 0 Å². The number of hydrogen-bond acceptors (Lipinski definition) is 4. The van der Waals surface area contributed by atoms with Crippen LogP contribution in [0.1, 0.15) is 38.2 Å². The van der Waals surface area contributed by atoms with Gasteiger partial charge in [-0.2, -0.15) is 0 Å². The molecule has 1 aliphatic heterocycles. The number of hydrogen-bond donors (Lipinski definition) is 2. The Morgan fingerprint density at radius 3 is 2.65 bits per heavy atom. The van der Waals surface area contributed by atoms with E-state index in [4.69, 9.17) is 5.21 Å². The maximum absolute atomic E-state index is 12.5. The van der Waals surface area contributed by atoms with Crippen LogP contribution in [-0.4, -0.2) is 33.9 Å². The minimum Gasteiger partial charge on any atom is -0.289 e. The summed E-state index contributed by atoms with van der Waals surface area (Å²) in [6.07, 6.45) is 2.77. The Kier molecular flexibility index (Phi) is 5.65. The Morgan fingerprint density at radius 1 is 1.35 bits per heavy atom. The molecule has 1 saturated heterocycles. The Hall–Kier alpha value is -2.47. The maximum atomic E-state index is 12.5. The molecule has 3 amide bonds. The van der Waals surface area contributed by atoms with Gasteiger partial charge >= 0.3 is 0 Å². The van der Waals surface area contributed by atoms with E-state index in [1.165, 1.54) is 4.90 Å². The Balaban J connectivity index is 2.13. The van der Waals surface area contributed by atoms with Crippen LogP contribution in [0.25, 0.3) is 6.08 Å². The summed E-state index contributed by atoms with van der Waals surface area (Å²) in [5.41, 5.74) is 2.90. The van der Waals surface area contributed by atoms with Gasteiger partial charge < -0.3 is 0 Å². The third-order valence-corrected chi connectivity index (χ3v) is 3.91. The second kappa shape index (κ2) is 7.69. The zero-order valence-electron chi connectivity index (χ0n) is 13.0. The molecule has 0 spiro atoms. The molecule has 1 aromatic rings. The monoisotopic (exact) mass is 316 g/mol. The summed E-state index contributed by atoms with van der Waals surface area (Å²) >= 11 is 0. The van der Waals surface area contributed by atoms with Crippen molar-refractivity contribution < 1.29 is 19.6 Å². The second-order valence-corrected chi connectivity index (χ2v) is 5.46. The van der Waals surface area contributed by atoms with E-state index in [0.717, 1.165) is 5.56 Å². The lowest BCUT2D eigenvalue weighted by atomic mass is 10.1. The molecule has 6 nitrogen and oxygen atoms in total. The zero-order valence-corrected chi connectivity index (χ0v) is 13.0. The molecule has 0 saturated carbocycles. The third-order valence-electron chi connectivity index (χ3n) is 3.91. The number of amides is 3. The van der Waals surface area contributed by atoms with Crippen molar-refractivity contribution in [3.05, 3.63) is 41.5 Å². The molecule has 1 atom stereocenters. The highest BCUT2D eigenvalue weighted by Gasteiger charge is 2.37. The van der Waals surface area contributed by atoms with Gasteiger partial charge in [0, 0.05) is 18.0 Å². The number of nitrogens with one attached hydrogen (secondary N) is 1. The molecule has 0 aliphatic carbocycles. The van der Waals surface area contributed by atoms with Gasteiger partial charge in [0.25, 0.3) is 5.91 Å². The number of rotatable bonds is 6. The lowest BCUT2D eigenvalue weighted by Crippen LogP contribution is -2.40. The summed E-state index contributed by atoms with van der Waals surface area (Å²) in [6.45, 7) is 1.86. The van der Waals surface area contributed by atoms with Crippen LogP contribution in [0.15, 0.2) is 35.9 Å². The Bertz CT molecular complexity index is 625. The largest absolute Gasteiger partial charge is 0.289 e. The molecule has 1 aromatic carbocycles. The summed E-state index contributed by atoms with van der Waals surface area (Å²) in [4.78, 5) is 37.1. The Morgan fingerprint density at radius 2 is 2.04 bits per heavy atom. The first-order valence-electron chi connectivity index (χ1n) is 7.61. The molecule has 2 rings (SSSR count). The molecule has 0 bridgehead atoms. The van der Waals surface area contributed by atoms with Gasteiger partial charge in [0.1, 0.15) is 0 Å². The van der Waals surface area contributed by atoms with Crippen molar-refractivity contribution in [3.8, 4) is 0 Å². The number of likely N-dealkylation sites (tertiary alicyclic amines) is 1. The van der Waals surface area contributed by atoms with Crippen molar-refractivity contribution >= 4 is 23.8 Å². The van der Waals surface area contributed by atoms with E-state index in [-0.39, 0.29) is 30.7 Å². The van der Waals surface area contributed by atoms with Crippen molar-refractivity contribution in [3.63, 3.8) is 0 Å². The quantitative estimate of drug-likeness (QED) is 0.363. The van der Waals surface area contributed by atoms with E-state index in [1.54, 1.807) is 11.6 Å². The fourth-order valence-electron chi connectivity index (χ4n) is 2.69. The predicted molar refractivity (Wildman–Crippen MR) is 84.1 cm³/mol. The summed E-state index contributed by atoms with van der Waals surface area (Å²) in [5.74, 6) is -1.06. The minimum atomic E-state index is -0.525. The van der Waals surface area contributed by atoms with Gasteiger partial charge in [0.15, 0.2) is 0 Å². The van der Waals surface area contributed by atoms with Gasteiger partial charge in [-0.3, -0.25) is 24.5 Å². The van der Waals surface area contributed by atoms with E-state index in [1.807, 2.05) is 37.3 Å². The first-order chi connectivity index (χ1) is 11.1. The summed E-state index contributed by atoms with van der Waals surface area (Å²) in [6, 6.07) is 9.03. The number of benzene rings is 1. The molecular formula is C17H20N2O4. The van der Waals surface area contributed by atoms with Crippen molar-refractivity contribution in [2.45, 2.75) is 38.6 Å². The highest BCUT2D eigenvalue weighted by Crippen LogP contribution is 2.26. The highest BCUT2D eigenvalue weighted by atomic mass is 16.5. The lowest BCUT2D eigenvalue weighted by molar-refractivity contribution is -0.141. The van der Waals surface area contributed by atoms with Crippen molar-refractivity contribution in [2.75, 3.05) is 0 Å². The molecule has 0 radical (unpaired) electrons. The van der Waals surface area contributed by atoms with Crippen LogP contribution in [-0.2, 0) is 14.4 Å². The van der Waals surface area contributed by atoms with E-state index < -0.39 is 5.91 Å². The van der Waals surface area contributed by atoms with E-state index in [9.17, 15) is 14.4 Å². The number of carbonyl (C=O) groups excluding carboxylic acids is 3. The van der Waals surface area contributed by atoms with Crippen molar-refractivity contribution in [1.29, 1.82) is 0 Å². The van der Waals surface area contributed by atoms with Gasteiger partial charge in [-0.15, -0.1) is 0 Å². The molecule has 1 aliphatic rings. The smallest absolute Gasteiger partial charge is 0.257 e. The molecule has 1 heterocycles. The minimum absolute atomic E-state index is 0.0593. The standard InChI is InChI=1S/C17H20N2O4/c1-2-14(8-9-15(20)18-23)19-16(21)11-13(17(19)22)10-12-6-4-3-5-7-12/h3-7,10,14,23H,2,8-9,11H2,1H3,(H,18,20)/b13-10+. The van der Waals surface area contributed by atoms with E-state index >= 15 is 0 Å². The summed E-state index contributed by atoms with van der Waals surface area (Å²) in [7, 11) is 0. The molecule has 0 aromatic heterocycles. The lowest BCUT2D eigenvalue weighted by Gasteiger charge is -2.24. The average molecular weight is 316 g/mol. The first kappa shape index (κ1) is 16.9. The number of hydroxylamine groups is 1. The number of nitrogens with zero attached hydrogens (tertiary/aromatic N) is 1. The predicted octanol–water partition coefficient (Wildman–Crippen LogP) is 1.89. The molecule has 1 unspecified atom stereocenters. The molecule has 122 valence electrons. The third kappa shape index (κ3) is 4.04. The summed E-state index contributed by atoms with van der Waals surface area (Å²) < 4.78 is 0. The molecule has 2 N–H and O–H groups in total. The van der Waals surface area contributed by atoms with Gasteiger partial charge in [0.2, 0.25) is 11.8 Å². The fraction of sp³-hybridized carbons (Fsp3) is 0.353. The fourth-order valence-corrected chi connectivity index (χ4v) is 2.69.